The molecule has 0 aromatic heterocycles. The summed E-state index contributed by atoms with van der Waals surface area (Å²) in [7, 11) is 1.72. The van der Waals surface area contributed by atoms with Crippen LogP contribution in [0.3, 0.4) is 0 Å². The highest BCUT2D eigenvalue weighted by atomic mass is 35.5. The minimum absolute atomic E-state index is 0.331. The first-order valence-electron chi connectivity index (χ1n) is 10.6. The fraction of sp³-hybridized carbons (Fsp3) is 0.500. The highest BCUT2D eigenvalue weighted by molar-refractivity contribution is 6.30. The first kappa shape index (κ1) is 19.8. The summed E-state index contributed by atoms with van der Waals surface area (Å²) in [5, 5.41) is 8.52. The molecular formula is C24H31ClN2O. The fourth-order valence-corrected chi connectivity index (χ4v) is 5.28. The lowest BCUT2D eigenvalue weighted by molar-refractivity contribution is 0.224. The summed E-state index contributed by atoms with van der Waals surface area (Å²) in [5.74, 6) is 2.52. The Morgan fingerprint density at radius 3 is 2.64 bits per heavy atom. The van der Waals surface area contributed by atoms with Gasteiger partial charge in [0.05, 0.1) is 7.11 Å². The van der Waals surface area contributed by atoms with Crippen molar-refractivity contribution < 1.29 is 4.74 Å². The second kappa shape index (κ2) is 9.30. The number of nitrogens with one attached hydrogen (secondary N) is 2. The molecule has 2 aromatic rings. The van der Waals surface area contributed by atoms with Crippen LogP contribution < -0.4 is 15.4 Å². The molecule has 1 saturated carbocycles. The standard InChI is InChI=1S/C24H31ClN2O/c1-28-23-12-11-21(25)13-20(23)16-26-22-14-18-9-5-6-10-19(18)15-27-24(22)17-7-3-2-4-8-17/h2-4,7-8,11-13,18-19,22,24,26-27H,5-6,9-10,14-16H2,1H3. The van der Waals surface area contributed by atoms with Crippen molar-refractivity contribution in [1.82, 2.24) is 10.6 Å². The zero-order chi connectivity index (χ0) is 19.3. The van der Waals surface area contributed by atoms with E-state index in [4.69, 9.17) is 16.3 Å². The minimum Gasteiger partial charge on any atom is -0.496 e. The molecule has 4 rings (SSSR count). The molecule has 2 N–H and O–H groups in total. The van der Waals surface area contributed by atoms with Crippen molar-refractivity contribution in [3.05, 3.63) is 64.7 Å². The number of hydrogen-bond donors (Lipinski definition) is 2. The fourth-order valence-electron chi connectivity index (χ4n) is 5.08. The number of fused-ring (bicyclic) bond motifs is 1. The van der Waals surface area contributed by atoms with Crippen LogP contribution in [0.5, 0.6) is 5.75 Å². The Bertz CT molecular complexity index is 766. The van der Waals surface area contributed by atoms with Gasteiger partial charge in [-0.25, -0.2) is 0 Å². The van der Waals surface area contributed by atoms with Crippen LogP contribution in [-0.2, 0) is 6.54 Å². The summed E-state index contributed by atoms with van der Waals surface area (Å²) in [5.41, 5.74) is 2.49. The predicted octanol–water partition coefficient (Wildman–Crippen LogP) is 5.35. The van der Waals surface area contributed by atoms with Gasteiger partial charge in [-0.2, -0.15) is 0 Å². The van der Waals surface area contributed by atoms with Crippen molar-refractivity contribution in [1.29, 1.82) is 0 Å². The van der Waals surface area contributed by atoms with Gasteiger partial charge in [0.15, 0.2) is 0 Å². The van der Waals surface area contributed by atoms with Crippen LogP contribution in [0.15, 0.2) is 48.5 Å². The lowest BCUT2D eigenvalue weighted by atomic mass is 9.76. The molecule has 1 aliphatic heterocycles. The van der Waals surface area contributed by atoms with E-state index in [0.29, 0.717) is 12.1 Å². The van der Waals surface area contributed by atoms with Crippen molar-refractivity contribution >= 4 is 11.6 Å². The predicted molar refractivity (Wildman–Crippen MR) is 116 cm³/mol. The van der Waals surface area contributed by atoms with E-state index in [9.17, 15) is 0 Å². The van der Waals surface area contributed by atoms with Gasteiger partial charge in [0, 0.05) is 29.2 Å². The molecular weight excluding hydrogens is 368 g/mol. The van der Waals surface area contributed by atoms with Crippen molar-refractivity contribution in [3.63, 3.8) is 0 Å². The molecule has 1 saturated heterocycles. The van der Waals surface area contributed by atoms with Crippen LogP contribution in [0.25, 0.3) is 0 Å². The Hall–Kier alpha value is -1.55. The molecule has 2 fully saturated rings. The molecule has 4 unspecified atom stereocenters. The number of rotatable bonds is 5. The molecule has 0 amide bonds. The largest absolute Gasteiger partial charge is 0.496 e. The lowest BCUT2D eigenvalue weighted by Crippen LogP contribution is -2.40. The van der Waals surface area contributed by atoms with Crippen molar-refractivity contribution in [2.45, 2.75) is 50.7 Å². The number of ether oxygens (including phenoxy) is 1. The molecule has 3 nitrogen and oxygen atoms in total. The van der Waals surface area contributed by atoms with E-state index in [-0.39, 0.29) is 0 Å². The number of hydrogen-bond acceptors (Lipinski definition) is 3. The highest BCUT2D eigenvalue weighted by Crippen LogP contribution is 2.38. The number of halogens is 1. The van der Waals surface area contributed by atoms with E-state index in [0.717, 1.165) is 41.3 Å². The highest BCUT2D eigenvalue weighted by Gasteiger charge is 2.35. The van der Waals surface area contributed by atoms with Gasteiger partial charge in [0.2, 0.25) is 0 Å². The smallest absolute Gasteiger partial charge is 0.123 e. The first-order valence-corrected chi connectivity index (χ1v) is 11.0. The molecule has 28 heavy (non-hydrogen) atoms. The van der Waals surface area contributed by atoms with E-state index in [1.165, 1.54) is 37.7 Å². The average molecular weight is 399 g/mol. The van der Waals surface area contributed by atoms with Gasteiger partial charge in [0.1, 0.15) is 5.75 Å². The summed E-state index contributed by atoms with van der Waals surface area (Å²) >= 11 is 6.24. The number of methoxy groups -OCH3 is 1. The second-order valence-electron chi connectivity index (χ2n) is 8.28. The van der Waals surface area contributed by atoms with Crippen LogP contribution in [0.1, 0.15) is 49.3 Å². The van der Waals surface area contributed by atoms with Crippen molar-refractivity contribution in [3.8, 4) is 5.75 Å². The van der Waals surface area contributed by atoms with E-state index in [1.54, 1.807) is 7.11 Å². The third-order valence-corrected chi connectivity index (χ3v) is 6.82. The molecule has 2 aliphatic rings. The summed E-state index contributed by atoms with van der Waals surface area (Å²) < 4.78 is 5.55. The maximum atomic E-state index is 6.24. The second-order valence-corrected chi connectivity index (χ2v) is 8.72. The zero-order valence-electron chi connectivity index (χ0n) is 16.7. The normalized spacial score (nSPS) is 27.6. The summed E-state index contributed by atoms with van der Waals surface area (Å²) in [6, 6.07) is 17.5. The van der Waals surface area contributed by atoms with Crippen LogP contribution in [0.2, 0.25) is 5.02 Å². The summed E-state index contributed by atoms with van der Waals surface area (Å²) in [6.45, 7) is 1.89. The molecule has 4 atom stereocenters. The molecule has 150 valence electrons. The molecule has 2 aromatic carbocycles. The summed E-state index contributed by atoms with van der Waals surface area (Å²) in [6.07, 6.45) is 6.73. The Morgan fingerprint density at radius 1 is 1.07 bits per heavy atom. The lowest BCUT2D eigenvalue weighted by Gasteiger charge is -2.31. The van der Waals surface area contributed by atoms with Gasteiger partial charge in [-0.1, -0.05) is 61.2 Å². The van der Waals surface area contributed by atoms with E-state index in [2.05, 4.69) is 41.0 Å². The molecule has 1 heterocycles. The van der Waals surface area contributed by atoms with Gasteiger partial charge in [-0.15, -0.1) is 0 Å². The van der Waals surface area contributed by atoms with E-state index < -0.39 is 0 Å². The topological polar surface area (TPSA) is 33.3 Å². The Morgan fingerprint density at radius 2 is 1.86 bits per heavy atom. The van der Waals surface area contributed by atoms with Gasteiger partial charge >= 0.3 is 0 Å². The molecule has 0 spiro atoms. The van der Waals surface area contributed by atoms with Crippen LogP contribution in [-0.4, -0.2) is 19.7 Å². The van der Waals surface area contributed by atoms with Gasteiger partial charge in [-0.3, -0.25) is 0 Å². The summed E-state index contributed by atoms with van der Waals surface area (Å²) in [4.78, 5) is 0. The SMILES string of the molecule is COc1ccc(Cl)cc1CNC1CC2CCCCC2CNC1c1ccccc1. The van der Waals surface area contributed by atoms with Gasteiger partial charge in [-0.05, 0) is 55.0 Å². The zero-order valence-corrected chi connectivity index (χ0v) is 17.4. The monoisotopic (exact) mass is 398 g/mol. The van der Waals surface area contributed by atoms with Crippen molar-refractivity contribution in [2.75, 3.05) is 13.7 Å². The Kier molecular flexibility index (Phi) is 6.56. The van der Waals surface area contributed by atoms with Gasteiger partial charge < -0.3 is 15.4 Å². The maximum absolute atomic E-state index is 6.24. The average Bonchev–Trinajstić information content (AvgIpc) is 2.92. The third kappa shape index (κ3) is 4.53. The van der Waals surface area contributed by atoms with Crippen LogP contribution in [0, 0.1) is 11.8 Å². The van der Waals surface area contributed by atoms with Gasteiger partial charge in [0.25, 0.3) is 0 Å². The minimum atomic E-state index is 0.331. The molecule has 1 aliphatic carbocycles. The number of benzene rings is 2. The molecule has 4 heteroatoms. The first-order chi connectivity index (χ1) is 13.7. The van der Waals surface area contributed by atoms with E-state index >= 15 is 0 Å². The Balaban J connectivity index is 1.56. The van der Waals surface area contributed by atoms with Crippen molar-refractivity contribution in [2.24, 2.45) is 11.8 Å². The molecule has 0 radical (unpaired) electrons. The maximum Gasteiger partial charge on any atom is 0.123 e. The third-order valence-electron chi connectivity index (χ3n) is 6.58. The van der Waals surface area contributed by atoms with Crippen LogP contribution in [0.4, 0.5) is 0 Å². The molecule has 0 bridgehead atoms. The Labute approximate surface area is 173 Å². The quantitative estimate of drug-likeness (QED) is 0.712. The van der Waals surface area contributed by atoms with Crippen LogP contribution >= 0.6 is 11.6 Å². The van der Waals surface area contributed by atoms with E-state index in [1.807, 2.05) is 18.2 Å².